The van der Waals surface area contributed by atoms with Crippen LogP contribution in [0.3, 0.4) is 0 Å². The van der Waals surface area contributed by atoms with Crippen LogP contribution in [0.25, 0.3) is 0 Å². The van der Waals surface area contributed by atoms with E-state index in [1.165, 1.54) is 12.8 Å². The van der Waals surface area contributed by atoms with Gasteiger partial charge in [0.25, 0.3) is 0 Å². The summed E-state index contributed by atoms with van der Waals surface area (Å²) >= 11 is 0. The van der Waals surface area contributed by atoms with E-state index in [1.54, 1.807) is 0 Å². The summed E-state index contributed by atoms with van der Waals surface area (Å²) in [6.45, 7) is 7.96. The second-order valence-electron chi connectivity index (χ2n) is 6.27. The Morgan fingerprint density at radius 2 is 1.79 bits per heavy atom. The molecule has 1 aliphatic rings. The molecule has 0 spiro atoms. The van der Waals surface area contributed by atoms with Crippen molar-refractivity contribution < 1.29 is 9.90 Å². The zero-order valence-electron chi connectivity index (χ0n) is 13.0. The number of carbonyl (C=O) groups is 1. The maximum absolute atomic E-state index is 11.5. The van der Waals surface area contributed by atoms with Gasteiger partial charge in [-0.1, -0.05) is 13.8 Å². The van der Waals surface area contributed by atoms with Crippen molar-refractivity contribution >= 4 is 5.97 Å². The Kier molecular flexibility index (Phi) is 6.27. The van der Waals surface area contributed by atoms with E-state index < -0.39 is 11.4 Å². The molecule has 1 heterocycles. The summed E-state index contributed by atoms with van der Waals surface area (Å²) in [5, 5.41) is 9.49. The first kappa shape index (κ1) is 16.4. The first-order valence-corrected chi connectivity index (χ1v) is 7.54. The average Bonchev–Trinajstić information content (AvgIpc) is 2.37. The number of likely N-dealkylation sites (tertiary alicyclic amines) is 1. The lowest BCUT2D eigenvalue weighted by atomic mass is 9.81. The fourth-order valence-electron chi connectivity index (χ4n) is 3.12. The highest BCUT2D eigenvalue weighted by Crippen LogP contribution is 2.30. The fraction of sp³-hybridized carbons (Fsp3) is 0.933. The van der Waals surface area contributed by atoms with E-state index in [0.717, 1.165) is 38.4 Å². The second kappa shape index (κ2) is 7.25. The molecule has 0 bridgehead atoms. The number of rotatable bonds is 7. The summed E-state index contributed by atoms with van der Waals surface area (Å²) in [6, 6.07) is 0. The summed E-state index contributed by atoms with van der Waals surface area (Å²) in [6.07, 6.45) is 3.83. The largest absolute Gasteiger partial charge is 0.481 e. The van der Waals surface area contributed by atoms with E-state index in [9.17, 15) is 9.90 Å². The Labute approximate surface area is 117 Å². The summed E-state index contributed by atoms with van der Waals surface area (Å²) in [5.74, 6) is 0.140. The zero-order chi connectivity index (χ0) is 14.5. The van der Waals surface area contributed by atoms with Crippen molar-refractivity contribution in [2.75, 3.05) is 40.3 Å². The van der Waals surface area contributed by atoms with Crippen molar-refractivity contribution in [1.82, 2.24) is 9.80 Å². The molecule has 0 aromatic heterocycles. The van der Waals surface area contributed by atoms with Crippen LogP contribution in [-0.4, -0.2) is 61.2 Å². The third-order valence-electron chi connectivity index (χ3n) is 4.66. The van der Waals surface area contributed by atoms with Crippen LogP contribution in [0.2, 0.25) is 0 Å². The van der Waals surface area contributed by atoms with Gasteiger partial charge in [-0.3, -0.25) is 4.79 Å². The number of hydrogen-bond donors (Lipinski definition) is 1. The van der Waals surface area contributed by atoms with Crippen molar-refractivity contribution in [3.63, 3.8) is 0 Å². The molecule has 0 aliphatic carbocycles. The van der Waals surface area contributed by atoms with Gasteiger partial charge < -0.3 is 14.9 Å². The van der Waals surface area contributed by atoms with Gasteiger partial charge in [0.1, 0.15) is 0 Å². The van der Waals surface area contributed by atoms with Crippen LogP contribution in [0, 0.1) is 11.3 Å². The predicted molar refractivity (Wildman–Crippen MR) is 78.4 cm³/mol. The highest BCUT2D eigenvalue weighted by atomic mass is 16.4. The van der Waals surface area contributed by atoms with Crippen LogP contribution in [0.1, 0.15) is 39.5 Å². The van der Waals surface area contributed by atoms with E-state index >= 15 is 0 Å². The topological polar surface area (TPSA) is 43.8 Å². The normalized spacial score (nSPS) is 19.0. The molecule has 112 valence electrons. The number of carboxylic acids is 1. The minimum Gasteiger partial charge on any atom is -0.481 e. The Morgan fingerprint density at radius 1 is 1.26 bits per heavy atom. The summed E-state index contributed by atoms with van der Waals surface area (Å²) in [5.41, 5.74) is -0.547. The zero-order valence-corrected chi connectivity index (χ0v) is 13.0. The van der Waals surface area contributed by atoms with Crippen molar-refractivity contribution in [3.8, 4) is 0 Å². The van der Waals surface area contributed by atoms with E-state index in [1.807, 2.05) is 13.8 Å². The Hall–Kier alpha value is -0.610. The molecule has 1 saturated heterocycles. The molecule has 0 radical (unpaired) electrons. The smallest absolute Gasteiger partial charge is 0.310 e. The maximum atomic E-state index is 11.5. The number of nitrogens with zero attached hydrogens (tertiary/aromatic N) is 2. The van der Waals surface area contributed by atoms with Crippen LogP contribution in [0.15, 0.2) is 0 Å². The lowest BCUT2D eigenvalue weighted by molar-refractivity contribution is -0.151. The van der Waals surface area contributed by atoms with E-state index in [2.05, 4.69) is 23.9 Å². The van der Waals surface area contributed by atoms with Crippen molar-refractivity contribution in [2.24, 2.45) is 11.3 Å². The Balaban J connectivity index is 2.49. The average molecular weight is 270 g/mol. The molecular weight excluding hydrogens is 240 g/mol. The van der Waals surface area contributed by atoms with Crippen LogP contribution in [0.5, 0.6) is 0 Å². The minimum atomic E-state index is -0.632. The number of piperidine rings is 1. The van der Waals surface area contributed by atoms with E-state index in [4.69, 9.17) is 0 Å². The van der Waals surface area contributed by atoms with Gasteiger partial charge in [0.2, 0.25) is 0 Å². The van der Waals surface area contributed by atoms with Gasteiger partial charge in [0, 0.05) is 13.1 Å². The highest BCUT2D eigenvalue weighted by Gasteiger charge is 2.37. The molecular formula is C15H30N2O2. The van der Waals surface area contributed by atoms with Gasteiger partial charge in [-0.15, -0.1) is 0 Å². The fourth-order valence-corrected chi connectivity index (χ4v) is 3.12. The van der Waals surface area contributed by atoms with Gasteiger partial charge in [-0.25, -0.2) is 0 Å². The standard InChI is InChI=1S/C15H30N2O2/c1-5-15(6-2,14(18)19)12-17-9-7-13(8-10-17)11-16(3)4/h13H,5-12H2,1-4H3,(H,18,19). The monoisotopic (exact) mass is 270 g/mol. The quantitative estimate of drug-likeness (QED) is 0.770. The first-order chi connectivity index (χ1) is 8.93. The number of carboxylic acid groups (broad SMARTS) is 1. The molecule has 1 aliphatic heterocycles. The molecule has 1 fully saturated rings. The number of hydrogen-bond acceptors (Lipinski definition) is 3. The third-order valence-corrected chi connectivity index (χ3v) is 4.66. The van der Waals surface area contributed by atoms with Gasteiger partial charge in [-0.05, 0) is 58.8 Å². The van der Waals surface area contributed by atoms with Gasteiger partial charge in [0.05, 0.1) is 5.41 Å². The summed E-state index contributed by atoms with van der Waals surface area (Å²) in [7, 11) is 4.24. The van der Waals surface area contributed by atoms with E-state index in [0.29, 0.717) is 6.54 Å². The molecule has 0 atom stereocenters. The molecule has 4 nitrogen and oxygen atoms in total. The minimum absolute atomic E-state index is 0.547. The molecule has 4 heteroatoms. The molecule has 0 amide bonds. The van der Waals surface area contributed by atoms with Crippen molar-refractivity contribution in [3.05, 3.63) is 0 Å². The first-order valence-electron chi connectivity index (χ1n) is 7.54. The van der Waals surface area contributed by atoms with Crippen LogP contribution >= 0.6 is 0 Å². The molecule has 19 heavy (non-hydrogen) atoms. The molecule has 0 aromatic rings. The molecule has 0 aromatic carbocycles. The van der Waals surface area contributed by atoms with Crippen LogP contribution in [0.4, 0.5) is 0 Å². The van der Waals surface area contributed by atoms with Crippen molar-refractivity contribution in [1.29, 1.82) is 0 Å². The van der Waals surface area contributed by atoms with Gasteiger partial charge in [0.15, 0.2) is 0 Å². The summed E-state index contributed by atoms with van der Waals surface area (Å²) < 4.78 is 0. The lowest BCUT2D eigenvalue weighted by Crippen LogP contribution is -2.46. The third kappa shape index (κ3) is 4.46. The van der Waals surface area contributed by atoms with E-state index in [-0.39, 0.29) is 0 Å². The molecule has 0 unspecified atom stereocenters. The maximum Gasteiger partial charge on any atom is 0.310 e. The second-order valence-corrected chi connectivity index (χ2v) is 6.27. The molecule has 1 N–H and O–H groups in total. The number of aliphatic carboxylic acids is 1. The summed E-state index contributed by atoms with van der Waals surface area (Å²) in [4.78, 5) is 16.1. The lowest BCUT2D eigenvalue weighted by Gasteiger charge is -2.38. The molecule has 0 saturated carbocycles. The van der Waals surface area contributed by atoms with Crippen LogP contribution < -0.4 is 0 Å². The van der Waals surface area contributed by atoms with Gasteiger partial charge >= 0.3 is 5.97 Å². The highest BCUT2D eigenvalue weighted by molar-refractivity contribution is 5.74. The van der Waals surface area contributed by atoms with Crippen LogP contribution in [-0.2, 0) is 4.79 Å². The van der Waals surface area contributed by atoms with Gasteiger partial charge in [-0.2, -0.15) is 0 Å². The Morgan fingerprint density at radius 3 is 2.16 bits per heavy atom. The molecule has 1 rings (SSSR count). The predicted octanol–water partition coefficient (Wildman–Crippen LogP) is 2.15. The Bertz CT molecular complexity index is 280. The SMILES string of the molecule is CCC(CC)(CN1CCC(CN(C)C)CC1)C(=O)O. The van der Waals surface area contributed by atoms with Crippen molar-refractivity contribution in [2.45, 2.75) is 39.5 Å².